The van der Waals surface area contributed by atoms with E-state index < -0.39 is 11.5 Å². The van der Waals surface area contributed by atoms with Crippen molar-refractivity contribution in [1.29, 1.82) is 5.26 Å². The van der Waals surface area contributed by atoms with Gasteiger partial charge >= 0.3 is 0 Å². The molecule has 35 heavy (non-hydrogen) atoms. The Bertz CT molecular complexity index is 1350. The molecule has 182 valence electrons. The zero-order valence-electron chi connectivity index (χ0n) is 20.1. The van der Waals surface area contributed by atoms with Crippen LogP contribution in [0.4, 0.5) is 5.69 Å². The van der Waals surface area contributed by atoms with Crippen LogP contribution in [-0.4, -0.2) is 28.5 Å². The van der Waals surface area contributed by atoms with Gasteiger partial charge in [-0.05, 0) is 56.2 Å². The second kappa shape index (κ2) is 11.4. The second-order valence-corrected chi connectivity index (χ2v) is 8.08. The minimum absolute atomic E-state index is 0.0962. The molecule has 2 aromatic carbocycles. The zero-order chi connectivity index (χ0) is 25.5. The molecule has 0 fully saturated rings. The molecule has 3 rings (SSSR count). The van der Waals surface area contributed by atoms with E-state index in [1.54, 1.807) is 42.9 Å². The molecule has 0 unspecified atom stereocenters. The third-order valence-electron chi connectivity index (χ3n) is 5.25. The van der Waals surface area contributed by atoms with Gasteiger partial charge in [0.05, 0.1) is 29.6 Å². The van der Waals surface area contributed by atoms with E-state index in [4.69, 9.17) is 21.1 Å². The number of hydrogen-bond donors (Lipinski definition) is 1. The number of carbonyl (C=O) groups excluding carboxylic acids is 1. The number of hydrogen-bond acceptors (Lipinski definition) is 5. The van der Waals surface area contributed by atoms with Crippen molar-refractivity contribution in [1.82, 2.24) is 9.36 Å². The lowest BCUT2D eigenvalue weighted by Gasteiger charge is -2.14. The van der Waals surface area contributed by atoms with Crippen molar-refractivity contribution < 1.29 is 14.3 Å². The van der Waals surface area contributed by atoms with Crippen molar-refractivity contribution >= 4 is 29.3 Å². The molecule has 0 spiro atoms. The monoisotopic (exact) mass is 494 g/mol. The smallest absolute Gasteiger partial charge is 0.295 e. The number of benzene rings is 2. The van der Waals surface area contributed by atoms with Crippen LogP contribution in [0.3, 0.4) is 0 Å². The number of nitrogens with zero attached hydrogens (tertiary/aromatic N) is 3. The standard InChI is InChI=1S/C26H27ClN4O4/c1-5-12-35-24-21(27)14-18(15-22(24)34-6-2)13-19(16-28)25(32)29-23-17(3)30(4)31(26(23)33)20-10-8-7-9-11-20/h7-11,13-15H,5-6,12H2,1-4H3,(H,29,32)/b19-13+. The highest BCUT2D eigenvalue weighted by Crippen LogP contribution is 2.37. The van der Waals surface area contributed by atoms with Crippen LogP contribution >= 0.6 is 11.6 Å². The van der Waals surface area contributed by atoms with Crippen LogP contribution in [0, 0.1) is 18.3 Å². The minimum Gasteiger partial charge on any atom is -0.490 e. The van der Waals surface area contributed by atoms with Gasteiger partial charge < -0.3 is 14.8 Å². The lowest BCUT2D eigenvalue weighted by Crippen LogP contribution is -2.23. The molecule has 1 amide bonds. The molecule has 1 N–H and O–H groups in total. The maximum atomic E-state index is 13.1. The second-order valence-electron chi connectivity index (χ2n) is 7.67. The molecule has 0 aliphatic rings. The largest absolute Gasteiger partial charge is 0.490 e. The molecule has 0 bridgehead atoms. The van der Waals surface area contributed by atoms with Crippen LogP contribution in [0.1, 0.15) is 31.5 Å². The van der Waals surface area contributed by atoms with Gasteiger partial charge in [0.2, 0.25) is 0 Å². The van der Waals surface area contributed by atoms with Gasteiger partial charge in [-0.3, -0.25) is 14.3 Å². The number of nitrogens with one attached hydrogen (secondary N) is 1. The van der Waals surface area contributed by atoms with E-state index >= 15 is 0 Å². The fourth-order valence-electron chi connectivity index (χ4n) is 3.49. The summed E-state index contributed by atoms with van der Waals surface area (Å²) in [7, 11) is 1.72. The Balaban J connectivity index is 1.95. The lowest BCUT2D eigenvalue weighted by atomic mass is 10.1. The van der Waals surface area contributed by atoms with Gasteiger partial charge in [0, 0.05) is 7.05 Å². The molecular weight excluding hydrogens is 468 g/mol. The van der Waals surface area contributed by atoms with Crippen molar-refractivity contribution in [3.05, 3.63) is 74.7 Å². The third-order valence-corrected chi connectivity index (χ3v) is 5.53. The van der Waals surface area contributed by atoms with Gasteiger partial charge in [-0.2, -0.15) is 5.26 Å². The van der Waals surface area contributed by atoms with E-state index in [-0.39, 0.29) is 11.3 Å². The SMILES string of the molecule is CCCOc1c(Cl)cc(/C=C(\C#N)C(=O)Nc2c(C)n(C)n(-c3ccccc3)c2=O)cc1OCC. The predicted molar refractivity (Wildman–Crippen MR) is 136 cm³/mol. The molecule has 1 aromatic heterocycles. The van der Waals surface area contributed by atoms with E-state index in [1.807, 2.05) is 38.1 Å². The number of ether oxygens (including phenoxy) is 2. The van der Waals surface area contributed by atoms with Crippen LogP contribution in [0.25, 0.3) is 11.8 Å². The number of rotatable bonds is 9. The van der Waals surface area contributed by atoms with Crippen LogP contribution in [0.5, 0.6) is 11.5 Å². The fourth-order valence-corrected chi connectivity index (χ4v) is 3.76. The number of carbonyl (C=O) groups is 1. The fraction of sp³-hybridized carbons (Fsp3) is 0.269. The van der Waals surface area contributed by atoms with Crippen LogP contribution in [0.2, 0.25) is 5.02 Å². The number of halogens is 1. The van der Waals surface area contributed by atoms with E-state index in [2.05, 4.69) is 5.32 Å². The highest BCUT2D eigenvalue weighted by Gasteiger charge is 2.20. The van der Waals surface area contributed by atoms with Crippen molar-refractivity contribution in [2.45, 2.75) is 27.2 Å². The number of para-hydroxylation sites is 1. The Morgan fingerprint density at radius 2 is 1.91 bits per heavy atom. The average Bonchev–Trinajstić information content (AvgIpc) is 3.05. The van der Waals surface area contributed by atoms with Gasteiger partial charge in [0.1, 0.15) is 17.3 Å². The van der Waals surface area contributed by atoms with Gasteiger partial charge in [0.25, 0.3) is 11.5 Å². The highest BCUT2D eigenvalue weighted by atomic mass is 35.5. The number of nitriles is 1. The summed E-state index contributed by atoms with van der Waals surface area (Å²) in [4.78, 5) is 26.0. The maximum Gasteiger partial charge on any atom is 0.295 e. The van der Waals surface area contributed by atoms with Crippen LogP contribution in [-0.2, 0) is 11.8 Å². The topological polar surface area (TPSA) is 98.3 Å². The summed E-state index contributed by atoms with van der Waals surface area (Å²) in [6.45, 7) is 6.39. The van der Waals surface area contributed by atoms with Gasteiger partial charge in [-0.1, -0.05) is 36.7 Å². The molecule has 0 aliphatic carbocycles. The van der Waals surface area contributed by atoms with Crippen molar-refractivity contribution in [3.63, 3.8) is 0 Å². The molecule has 1 heterocycles. The molecule has 0 aliphatic heterocycles. The summed E-state index contributed by atoms with van der Waals surface area (Å²) in [6, 6.07) is 14.2. The molecule has 8 nitrogen and oxygen atoms in total. The summed E-state index contributed by atoms with van der Waals surface area (Å²) < 4.78 is 14.4. The summed E-state index contributed by atoms with van der Waals surface area (Å²) in [6.07, 6.45) is 2.19. The quantitative estimate of drug-likeness (QED) is 0.338. The van der Waals surface area contributed by atoms with Gasteiger partial charge in [0.15, 0.2) is 11.5 Å². The Hall–Kier alpha value is -3.96. The molecule has 9 heteroatoms. The minimum atomic E-state index is -0.709. The Morgan fingerprint density at radius 1 is 1.20 bits per heavy atom. The zero-order valence-corrected chi connectivity index (χ0v) is 20.8. The third kappa shape index (κ3) is 5.58. The first kappa shape index (κ1) is 25.7. The number of anilines is 1. The summed E-state index contributed by atoms with van der Waals surface area (Å²) in [5.74, 6) is 0.123. The summed E-state index contributed by atoms with van der Waals surface area (Å²) in [5, 5.41) is 12.6. The Kier molecular flexibility index (Phi) is 8.39. The van der Waals surface area contributed by atoms with Crippen LogP contribution < -0.4 is 20.3 Å². The Labute approximate surface area is 208 Å². The van der Waals surface area contributed by atoms with Crippen molar-refractivity contribution in [2.75, 3.05) is 18.5 Å². The predicted octanol–water partition coefficient (Wildman–Crippen LogP) is 4.87. The first-order chi connectivity index (χ1) is 16.8. The first-order valence-corrected chi connectivity index (χ1v) is 11.6. The lowest BCUT2D eigenvalue weighted by molar-refractivity contribution is -0.112. The maximum absolute atomic E-state index is 13.1. The molecular formula is C26H27ClN4O4. The summed E-state index contributed by atoms with van der Waals surface area (Å²) in [5.41, 5.74) is 1.19. The molecule has 0 saturated heterocycles. The highest BCUT2D eigenvalue weighted by molar-refractivity contribution is 6.32. The number of aromatic nitrogens is 2. The van der Waals surface area contributed by atoms with E-state index in [0.717, 1.165) is 6.42 Å². The van der Waals surface area contributed by atoms with Crippen molar-refractivity contribution in [3.8, 4) is 23.3 Å². The molecule has 3 aromatic rings. The molecule has 0 saturated carbocycles. The molecule has 0 radical (unpaired) electrons. The van der Waals surface area contributed by atoms with Gasteiger partial charge in [-0.15, -0.1) is 0 Å². The first-order valence-electron chi connectivity index (χ1n) is 11.2. The average molecular weight is 495 g/mol. The van der Waals surface area contributed by atoms with Crippen molar-refractivity contribution in [2.24, 2.45) is 7.05 Å². The van der Waals surface area contributed by atoms with E-state index in [9.17, 15) is 14.9 Å². The van der Waals surface area contributed by atoms with Crippen LogP contribution in [0.15, 0.2) is 52.8 Å². The number of amides is 1. The van der Waals surface area contributed by atoms with E-state index in [1.165, 1.54) is 10.8 Å². The van der Waals surface area contributed by atoms with Gasteiger partial charge in [-0.25, -0.2) is 4.68 Å². The normalized spacial score (nSPS) is 11.1. The Morgan fingerprint density at radius 3 is 2.54 bits per heavy atom. The van der Waals surface area contributed by atoms with E-state index in [0.29, 0.717) is 46.7 Å². The summed E-state index contributed by atoms with van der Waals surface area (Å²) >= 11 is 6.40. The molecule has 0 atom stereocenters.